The van der Waals surface area contributed by atoms with Gasteiger partial charge in [-0.3, -0.25) is 14.8 Å². The molecule has 112 valence electrons. The van der Waals surface area contributed by atoms with Gasteiger partial charge in [0.15, 0.2) is 5.03 Å². The maximum absolute atomic E-state index is 11.1. The molecule has 2 rings (SSSR count). The average molecular weight is 307 g/mol. The Hall–Kier alpha value is -2.09. The van der Waals surface area contributed by atoms with Gasteiger partial charge in [0.05, 0.1) is 10.6 Å². The van der Waals surface area contributed by atoms with Gasteiger partial charge in [0, 0.05) is 19.7 Å². The highest BCUT2D eigenvalue weighted by Crippen LogP contribution is 2.34. The Morgan fingerprint density at radius 1 is 1.48 bits per heavy atom. The third kappa shape index (κ3) is 3.72. The summed E-state index contributed by atoms with van der Waals surface area (Å²) in [4.78, 5) is 15.1. The van der Waals surface area contributed by atoms with Crippen LogP contribution in [0.3, 0.4) is 0 Å². The molecule has 0 unspecified atom stereocenters. The molecule has 21 heavy (non-hydrogen) atoms. The van der Waals surface area contributed by atoms with Crippen LogP contribution in [0, 0.1) is 17.0 Å². The topological polar surface area (TPSA) is 85.9 Å². The molecule has 0 fully saturated rings. The fourth-order valence-corrected chi connectivity index (χ4v) is 2.77. The first kappa shape index (κ1) is 15.3. The van der Waals surface area contributed by atoms with Gasteiger partial charge in [0.25, 0.3) is 0 Å². The van der Waals surface area contributed by atoms with Crippen LogP contribution in [0.15, 0.2) is 28.3 Å². The summed E-state index contributed by atoms with van der Waals surface area (Å²) in [6.45, 7) is 4.71. The van der Waals surface area contributed by atoms with E-state index in [4.69, 9.17) is 0 Å². The van der Waals surface area contributed by atoms with Crippen molar-refractivity contribution in [1.82, 2.24) is 14.8 Å². The predicted octanol–water partition coefficient (Wildman–Crippen LogP) is 3.00. The van der Waals surface area contributed by atoms with E-state index in [0.717, 1.165) is 23.7 Å². The van der Waals surface area contributed by atoms with Crippen molar-refractivity contribution in [3.63, 3.8) is 0 Å². The van der Waals surface area contributed by atoms with Crippen LogP contribution in [0.4, 0.5) is 11.5 Å². The van der Waals surface area contributed by atoms with E-state index in [1.807, 2.05) is 19.9 Å². The van der Waals surface area contributed by atoms with Crippen molar-refractivity contribution in [3.8, 4) is 0 Å². The van der Waals surface area contributed by atoms with Crippen LogP contribution >= 0.6 is 11.8 Å². The second kappa shape index (κ2) is 6.57. The molecule has 7 nitrogen and oxygen atoms in total. The third-order valence-corrected chi connectivity index (χ3v) is 3.84. The van der Waals surface area contributed by atoms with Gasteiger partial charge in [0.2, 0.25) is 0 Å². The molecule has 0 bridgehead atoms. The number of hydrogen-bond donors (Lipinski definition) is 1. The zero-order valence-electron chi connectivity index (χ0n) is 12.2. The van der Waals surface area contributed by atoms with Gasteiger partial charge < -0.3 is 5.32 Å². The number of rotatable bonds is 6. The van der Waals surface area contributed by atoms with Crippen LogP contribution < -0.4 is 5.32 Å². The van der Waals surface area contributed by atoms with Gasteiger partial charge in [-0.05, 0) is 37.2 Å². The molecule has 0 aliphatic heterocycles. The quantitative estimate of drug-likeness (QED) is 0.652. The van der Waals surface area contributed by atoms with Crippen molar-refractivity contribution in [1.29, 1.82) is 0 Å². The highest BCUT2D eigenvalue weighted by molar-refractivity contribution is 7.99. The molecule has 2 aromatic heterocycles. The maximum atomic E-state index is 11.1. The summed E-state index contributed by atoms with van der Waals surface area (Å²) in [5.74, 6) is 0.642. The molecule has 0 radical (unpaired) electrons. The summed E-state index contributed by atoms with van der Waals surface area (Å²) < 4.78 is 1.69. The van der Waals surface area contributed by atoms with E-state index in [1.165, 1.54) is 17.8 Å². The Kier molecular flexibility index (Phi) is 4.79. The highest BCUT2D eigenvalue weighted by Gasteiger charge is 2.19. The molecule has 0 spiro atoms. The summed E-state index contributed by atoms with van der Waals surface area (Å²) >= 11 is 1.25. The van der Waals surface area contributed by atoms with Crippen molar-refractivity contribution in [2.24, 2.45) is 7.05 Å². The highest BCUT2D eigenvalue weighted by atomic mass is 32.2. The van der Waals surface area contributed by atoms with Gasteiger partial charge in [-0.25, -0.2) is 4.98 Å². The largest absolute Gasteiger partial charge is 0.370 e. The van der Waals surface area contributed by atoms with Crippen LogP contribution in [0.2, 0.25) is 0 Å². The Morgan fingerprint density at radius 2 is 2.24 bits per heavy atom. The molecule has 8 heteroatoms. The van der Waals surface area contributed by atoms with Crippen molar-refractivity contribution >= 4 is 23.3 Å². The lowest BCUT2D eigenvalue weighted by atomic mass is 10.4. The minimum absolute atomic E-state index is 0.000835. The van der Waals surface area contributed by atoms with E-state index in [1.54, 1.807) is 17.8 Å². The lowest BCUT2D eigenvalue weighted by Crippen LogP contribution is -2.04. The molecule has 0 aromatic carbocycles. The van der Waals surface area contributed by atoms with Gasteiger partial charge >= 0.3 is 5.69 Å². The summed E-state index contributed by atoms with van der Waals surface area (Å²) in [6.07, 6.45) is 0.960. The van der Waals surface area contributed by atoms with E-state index < -0.39 is 4.92 Å². The molecule has 0 saturated heterocycles. The SMILES string of the molecule is CCCNc1ccc([N+](=O)[O-])c(Sc2cc(C)nn2C)n1. The van der Waals surface area contributed by atoms with E-state index >= 15 is 0 Å². The van der Waals surface area contributed by atoms with E-state index in [0.29, 0.717) is 10.8 Å². The Balaban J connectivity index is 2.34. The van der Waals surface area contributed by atoms with Crippen LogP contribution in [0.1, 0.15) is 19.0 Å². The first-order valence-corrected chi connectivity index (χ1v) is 7.40. The van der Waals surface area contributed by atoms with Crippen molar-refractivity contribution in [2.75, 3.05) is 11.9 Å². The number of hydrogen-bond acceptors (Lipinski definition) is 6. The smallest absolute Gasteiger partial charge is 0.301 e. The predicted molar refractivity (Wildman–Crippen MR) is 81.7 cm³/mol. The molecule has 0 aliphatic rings. The number of anilines is 1. The molecule has 0 aliphatic carbocycles. The van der Waals surface area contributed by atoms with Crippen molar-refractivity contribution < 1.29 is 4.92 Å². The second-order valence-electron chi connectivity index (χ2n) is 4.55. The lowest BCUT2D eigenvalue weighted by Gasteiger charge is -2.07. The lowest BCUT2D eigenvalue weighted by molar-refractivity contribution is -0.388. The number of aromatic nitrogens is 3. The average Bonchev–Trinajstić information content (AvgIpc) is 2.74. The fraction of sp³-hybridized carbons (Fsp3) is 0.385. The molecule has 2 heterocycles. The van der Waals surface area contributed by atoms with E-state index in [9.17, 15) is 10.1 Å². The summed E-state index contributed by atoms with van der Waals surface area (Å²) in [7, 11) is 1.81. The Bertz CT molecular complexity index is 656. The molecule has 0 atom stereocenters. The molecular formula is C13H17N5O2S. The first-order valence-electron chi connectivity index (χ1n) is 6.59. The standard InChI is InChI=1S/C13H17N5O2S/c1-4-7-14-11-6-5-10(18(19)20)13(15-11)21-12-8-9(2)16-17(12)3/h5-6,8H,4,7H2,1-3H3,(H,14,15). The molecule has 2 aromatic rings. The molecule has 0 saturated carbocycles. The van der Waals surface area contributed by atoms with Gasteiger partial charge in [-0.1, -0.05) is 6.92 Å². The van der Waals surface area contributed by atoms with Gasteiger partial charge in [-0.2, -0.15) is 5.10 Å². The van der Waals surface area contributed by atoms with Crippen LogP contribution in [0.5, 0.6) is 0 Å². The van der Waals surface area contributed by atoms with Crippen LogP contribution in [-0.2, 0) is 7.05 Å². The van der Waals surface area contributed by atoms with Gasteiger partial charge in [0.1, 0.15) is 10.8 Å². The van der Waals surface area contributed by atoms with Crippen LogP contribution in [0.25, 0.3) is 0 Å². The van der Waals surface area contributed by atoms with Crippen molar-refractivity contribution in [2.45, 2.75) is 30.3 Å². The summed E-state index contributed by atoms with van der Waals surface area (Å²) in [5.41, 5.74) is 0.865. The zero-order valence-corrected chi connectivity index (χ0v) is 13.0. The number of nitrogens with zero attached hydrogens (tertiary/aromatic N) is 4. The molecule has 1 N–H and O–H groups in total. The second-order valence-corrected chi connectivity index (χ2v) is 5.56. The first-order chi connectivity index (χ1) is 10.0. The van der Waals surface area contributed by atoms with Crippen molar-refractivity contribution in [3.05, 3.63) is 34.0 Å². The number of pyridine rings is 1. The maximum Gasteiger partial charge on any atom is 0.301 e. The molecule has 0 amide bonds. The monoisotopic (exact) mass is 307 g/mol. The third-order valence-electron chi connectivity index (χ3n) is 2.75. The minimum atomic E-state index is -0.415. The van der Waals surface area contributed by atoms with E-state index in [2.05, 4.69) is 15.4 Å². The number of aryl methyl sites for hydroxylation is 2. The minimum Gasteiger partial charge on any atom is -0.370 e. The summed E-state index contributed by atoms with van der Waals surface area (Å²) in [6, 6.07) is 4.99. The normalized spacial score (nSPS) is 10.6. The molecular weight excluding hydrogens is 290 g/mol. The Morgan fingerprint density at radius 3 is 2.81 bits per heavy atom. The Labute approximate surface area is 126 Å². The fourth-order valence-electron chi connectivity index (χ4n) is 1.78. The van der Waals surface area contributed by atoms with Crippen LogP contribution in [-0.4, -0.2) is 26.2 Å². The van der Waals surface area contributed by atoms with E-state index in [-0.39, 0.29) is 5.69 Å². The summed E-state index contributed by atoms with van der Waals surface area (Å²) in [5, 5.41) is 19.7. The van der Waals surface area contributed by atoms with Gasteiger partial charge in [-0.15, -0.1) is 0 Å². The zero-order chi connectivity index (χ0) is 15.4. The number of nitro groups is 1. The number of nitrogens with one attached hydrogen (secondary N) is 1.